The molecule has 0 aliphatic carbocycles. The van der Waals surface area contributed by atoms with Gasteiger partial charge in [0.2, 0.25) is 0 Å². The minimum atomic E-state index is -0.163. The number of nitrogens with zero attached hydrogens (tertiary/aromatic N) is 1. The summed E-state index contributed by atoms with van der Waals surface area (Å²) >= 11 is 0. The van der Waals surface area contributed by atoms with Gasteiger partial charge >= 0.3 is 0 Å². The van der Waals surface area contributed by atoms with E-state index in [1.165, 1.54) is 24.1 Å². The van der Waals surface area contributed by atoms with Gasteiger partial charge in [-0.15, -0.1) is 0 Å². The molecule has 0 spiro atoms. The molecule has 1 saturated heterocycles. The lowest BCUT2D eigenvalue weighted by Gasteiger charge is -2.30. The van der Waals surface area contributed by atoms with Crippen molar-refractivity contribution in [1.82, 2.24) is 4.90 Å². The molecule has 1 unspecified atom stereocenters. The molecule has 0 aromatic heterocycles. The van der Waals surface area contributed by atoms with Crippen LogP contribution in [0.15, 0.2) is 24.3 Å². The van der Waals surface area contributed by atoms with Crippen molar-refractivity contribution in [3.05, 3.63) is 35.6 Å². The normalized spacial score (nSPS) is 22.2. The second-order valence-corrected chi connectivity index (χ2v) is 4.58. The Balaban J connectivity index is 1.80. The van der Waals surface area contributed by atoms with Crippen LogP contribution in [-0.2, 0) is 6.42 Å². The van der Waals surface area contributed by atoms with Gasteiger partial charge in [-0.25, -0.2) is 4.39 Å². The summed E-state index contributed by atoms with van der Waals surface area (Å²) in [6.45, 7) is 3.18. The maximum atomic E-state index is 12.7. The number of benzene rings is 1. The first-order valence-corrected chi connectivity index (χ1v) is 5.96. The lowest BCUT2D eigenvalue weighted by Crippen LogP contribution is -2.43. The standard InChI is InChI=1S/C13H19FN2/c14-12-5-3-11(4-6-12)7-9-16-8-1-2-13(15)10-16/h3-6,13H,1-2,7-10,15H2. The fourth-order valence-electron chi connectivity index (χ4n) is 2.23. The third kappa shape index (κ3) is 3.29. The highest BCUT2D eigenvalue weighted by Gasteiger charge is 2.15. The monoisotopic (exact) mass is 222 g/mol. The van der Waals surface area contributed by atoms with E-state index in [1.807, 2.05) is 12.1 Å². The van der Waals surface area contributed by atoms with Gasteiger partial charge in [0.15, 0.2) is 0 Å². The van der Waals surface area contributed by atoms with E-state index in [0.29, 0.717) is 6.04 Å². The first-order chi connectivity index (χ1) is 7.74. The SMILES string of the molecule is NC1CCCN(CCc2ccc(F)cc2)C1. The molecule has 1 aromatic rings. The van der Waals surface area contributed by atoms with E-state index in [0.717, 1.165) is 32.5 Å². The van der Waals surface area contributed by atoms with E-state index in [-0.39, 0.29) is 5.82 Å². The molecule has 1 aliphatic heterocycles. The largest absolute Gasteiger partial charge is 0.327 e. The Morgan fingerprint density at radius 1 is 1.31 bits per heavy atom. The number of piperidine rings is 1. The summed E-state index contributed by atoms with van der Waals surface area (Å²) < 4.78 is 12.7. The first-order valence-electron chi connectivity index (χ1n) is 5.96. The summed E-state index contributed by atoms with van der Waals surface area (Å²) in [7, 11) is 0. The van der Waals surface area contributed by atoms with Gasteiger partial charge in [-0.3, -0.25) is 0 Å². The van der Waals surface area contributed by atoms with Crippen molar-refractivity contribution in [2.45, 2.75) is 25.3 Å². The lowest BCUT2D eigenvalue weighted by molar-refractivity contribution is 0.211. The van der Waals surface area contributed by atoms with Crippen molar-refractivity contribution in [3.63, 3.8) is 0 Å². The second-order valence-electron chi connectivity index (χ2n) is 4.58. The van der Waals surface area contributed by atoms with Crippen molar-refractivity contribution in [2.75, 3.05) is 19.6 Å². The molecule has 1 fully saturated rings. The molecule has 0 radical (unpaired) electrons. The summed E-state index contributed by atoms with van der Waals surface area (Å²) in [6, 6.07) is 7.11. The molecule has 1 aromatic carbocycles. The van der Waals surface area contributed by atoms with E-state index in [2.05, 4.69) is 4.90 Å². The Bertz CT molecular complexity index is 323. The number of hydrogen-bond donors (Lipinski definition) is 1. The average molecular weight is 222 g/mol. The van der Waals surface area contributed by atoms with Gasteiger partial charge in [0.1, 0.15) is 5.82 Å². The Labute approximate surface area is 96.2 Å². The highest BCUT2D eigenvalue weighted by Crippen LogP contribution is 2.10. The third-order valence-corrected chi connectivity index (χ3v) is 3.17. The molecule has 16 heavy (non-hydrogen) atoms. The van der Waals surface area contributed by atoms with Crippen molar-refractivity contribution in [3.8, 4) is 0 Å². The Morgan fingerprint density at radius 2 is 2.06 bits per heavy atom. The van der Waals surface area contributed by atoms with Crippen LogP contribution < -0.4 is 5.73 Å². The second kappa shape index (κ2) is 5.41. The van der Waals surface area contributed by atoms with Crippen LogP contribution in [0.1, 0.15) is 18.4 Å². The number of rotatable bonds is 3. The molecule has 0 amide bonds. The summed E-state index contributed by atoms with van der Waals surface area (Å²) in [5.41, 5.74) is 7.12. The van der Waals surface area contributed by atoms with E-state index < -0.39 is 0 Å². The van der Waals surface area contributed by atoms with Gasteiger partial charge in [-0.05, 0) is 43.5 Å². The van der Waals surface area contributed by atoms with Crippen LogP contribution in [0.5, 0.6) is 0 Å². The van der Waals surface area contributed by atoms with Crippen molar-refractivity contribution < 1.29 is 4.39 Å². The minimum absolute atomic E-state index is 0.163. The molecular formula is C13H19FN2. The van der Waals surface area contributed by atoms with E-state index in [9.17, 15) is 4.39 Å². The highest BCUT2D eigenvalue weighted by molar-refractivity contribution is 5.16. The van der Waals surface area contributed by atoms with Gasteiger partial charge in [0.05, 0.1) is 0 Å². The van der Waals surface area contributed by atoms with Crippen LogP contribution in [0.4, 0.5) is 4.39 Å². The quantitative estimate of drug-likeness (QED) is 0.845. The lowest BCUT2D eigenvalue weighted by atomic mass is 10.1. The molecule has 1 atom stereocenters. The van der Waals surface area contributed by atoms with Crippen molar-refractivity contribution in [1.29, 1.82) is 0 Å². The third-order valence-electron chi connectivity index (χ3n) is 3.17. The smallest absolute Gasteiger partial charge is 0.123 e. The molecule has 3 heteroatoms. The molecular weight excluding hydrogens is 203 g/mol. The van der Waals surface area contributed by atoms with Crippen LogP contribution in [0, 0.1) is 5.82 Å². The van der Waals surface area contributed by atoms with Crippen molar-refractivity contribution >= 4 is 0 Å². The summed E-state index contributed by atoms with van der Waals surface area (Å²) in [5.74, 6) is -0.163. The number of likely N-dealkylation sites (tertiary alicyclic amines) is 1. The molecule has 2 N–H and O–H groups in total. The van der Waals surface area contributed by atoms with Gasteiger partial charge in [-0.2, -0.15) is 0 Å². The zero-order valence-electron chi connectivity index (χ0n) is 9.53. The van der Waals surface area contributed by atoms with Crippen LogP contribution in [0.3, 0.4) is 0 Å². The Kier molecular flexibility index (Phi) is 3.91. The summed E-state index contributed by atoms with van der Waals surface area (Å²) in [6.07, 6.45) is 3.32. The summed E-state index contributed by atoms with van der Waals surface area (Å²) in [4.78, 5) is 2.40. The number of nitrogens with two attached hydrogens (primary N) is 1. The maximum Gasteiger partial charge on any atom is 0.123 e. The predicted molar refractivity (Wildman–Crippen MR) is 63.8 cm³/mol. The highest BCUT2D eigenvalue weighted by atomic mass is 19.1. The zero-order chi connectivity index (χ0) is 11.4. The van der Waals surface area contributed by atoms with Gasteiger partial charge < -0.3 is 10.6 Å². The fourth-order valence-corrected chi connectivity index (χ4v) is 2.23. The molecule has 2 rings (SSSR count). The van der Waals surface area contributed by atoms with Crippen LogP contribution in [-0.4, -0.2) is 30.6 Å². The molecule has 1 aliphatic rings. The molecule has 0 bridgehead atoms. The number of hydrogen-bond acceptors (Lipinski definition) is 2. The average Bonchev–Trinajstić information content (AvgIpc) is 2.28. The van der Waals surface area contributed by atoms with E-state index in [4.69, 9.17) is 5.73 Å². The molecule has 2 nitrogen and oxygen atoms in total. The van der Waals surface area contributed by atoms with Crippen LogP contribution in [0.2, 0.25) is 0 Å². The predicted octanol–water partition coefficient (Wildman–Crippen LogP) is 1.79. The molecule has 88 valence electrons. The Hall–Kier alpha value is -0.930. The van der Waals surface area contributed by atoms with E-state index in [1.54, 1.807) is 0 Å². The minimum Gasteiger partial charge on any atom is -0.327 e. The topological polar surface area (TPSA) is 29.3 Å². The molecule has 1 heterocycles. The molecule has 0 saturated carbocycles. The van der Waals surface area contributed by atoms with E-state index >= 15 is 0 Å². The van der Waals surface area contributed by atoms with Crippen LogP contribution >= 0.6 is 0 Å². The maximum absolute atomic E-state index is 12.7. The van der Waals surface area contributed by atoms with Gasteiger partial charge in [-0.1, -0.05) is 12.1 Å². The van der Waals surface area contributed by atoms with Gasteiger partial charge in [0.25, 0.3) is 0 Å². The number of halogens is 1. The van der Waals surface area contributed by atoms with Crippen LogP contribution in [0.25, 0.3) is 0 Å². The Morgan fingerprint density at radius 3 is 2.75 bits per heavy atom. The van der Waals surface area contributed by atoms with Crippen molar-refractivity contribution in [2.24, 2.45) is 5.73 Å². The fraction of sp³-hybridized carbons (Fsp3) is 0.538. The first kappa shape index (κ1) is 11.6. The zero-order valence-corrected chi connectivity index (χ0v) is 9.53. The summed E-state index contributed by atoms with van der Waals surface area (Å²) in [5, 5.41) is 0. The van der Waals surface area contributed by atoms with Gasteiger partial charge in [0, 0.05) is 19.1 Å².